The van der Waals surface area contributed by atoms with Crippen LogP contribution in [0, 0.1) is 17.6 Å². The molecule has 0 spiro atoms. The molecule has 1 aromatic rings. The quantitative estimate of drug-likeness (QED) is 0.245. The first kappa shape index (κ1) is 27.7. The normalized spacial score (nSPS) is 25.4. The Morgan fingerprint density at radius 3 is 1.85 bits per heavy atom. The highest BCUT2D eigenvalue weighted by atomic mass is 19.2. The minimum atomic E-state index is -0.714. The van der Waals surface area contributed by atoms with Crippen LogP contribution >= 0.6 is 0 Å². The molecule has 186 valence electrons. The smallest absolute Gasteiger partial charge is 0.164 e. The topological polar surface area (TPSA) is 29.5 Å². The SMILES string of the molecule is C=C.C=C(/C=C/C1CCC(c2ccc(C3CCC(O)CC3)c(F)c2F)CC1)/C=C(/F)C(=C)OC. The van der Waals surface area contributed by atoms with Gasteiger partial charge in [0.25, 0.3) is 0 Å². The van der Waals surface area contributed by atoms with Crippen LogP contribution in [0.25, 0.3) is 0 Å². The van der Waals surface area contributed by atoms with Crippen LogP contribution < -0.4 is 0 Å². The molecule has 0 bridgehead atoms. The Hall–Kier alpha value is -2.53. The molecule has 2 aliphatic carbocycles. The summed E-state index contributed by atoms with van der Waals surface area (Å²) in [7, 11) is 1.36. The Labute approximate surface area is 202 Å². The molecule has 3 rings (SSSR count). The lowest BCUT2D eigenvalue weighted by Gasteiger charge is -2.29. The maximum absolute atomic E-state index is 14.9. The Balaban J connectivity index is 0.00000199. The number of aliphatic hydroxyl groups is 1. The number of methoxy groups -OCH3 is 1. The summed E-state index contributed by atoms with van der Waals surface area (Å²) in [4.78, 5) is 0. The van der Waals surface area contributed by atoms with Gasteiger partial charge >= 0.3 is 0 Å². The van der Waals surface area contributed by atoms with Gasteiger partial charge in [0.1, 0.15) is 5.76 Å². The van der Waals surface area contributed by atoms with Gasteiger partial charge in [-0.2, -0.15) is 0 Å². The molecule has 5 heteroatoms. The van der Waals surface area contributed by atoms with Crippen molar-refractivity contribution in [3.05, 3.63) is 96.6 Å². The zero-order valence-electron chi connectivity index (χ0n) is 20.2. The molecule has 2 nitrogen and oxygen atoms in total. The molecule has 0 saturated heterocycles. The van der Waals surface area contributed by atoms with Gasteiger partial charge in [0, 0.05) is 0 Å². The van der Waals surface area contributed by atoms with Gasteiger partial charge in [-0.3, -0.25) is 0 Å². The van der Waals surface area contributed by atoms with Crippen molar-refractivity contribution in [1.82, 2.24) is 0 Å². The van der Waals surface area contributed by atoms with Gasteiger partial charge in [0.05, 0.1) is 13.2 Å². The number of hydrogen-bond acceptors (Lipinski definition) is 2. The maximum atomic E-state index is 14.9. The summed E-state index contributed by atoms with van der Waals surface area (Å²) in [6, 6.07) is 3.51. The summed E-state index contributed by atoms with van der Waals surface area (Å²) in [6.45, 7) is 13.3. The highest BCUT2D eigenvalue weighted by Crippen LogP contribution is 2.40. The second-order valence-corrected chi connectivity index (χ2v) is 9.04. The highest BCUT2D eigenvalue weighted by Gasteiger charge is 2.28. The van der Waals surface area contributed by atoms with Crippen LogP contribution in [0.15, 0.2) is 73.8 Å². The molecule has 0 atom stereocenters. The molecule has 34 heavy (non-hydrogen) atoms. The molecular weight excluding hydrogens is 437 g/mol. The molecule has 0 aliphatic heterocycles. The first-order chi connectivity index (χ1) is 16.3. The maximum Gasteiger partial charge on any atom is 0.164 e. The second kappa shape index (κ2) is 13.4. The van der Waals surface area contributed by atoms with Gasteiger partial charge in [-0.05, 0) is 91.9 Å². The molecule has 2 saturated carbocycles. The molecule has 0 heterocycles. The van der Waals surface area contributed by atoms with E-state index in [1.807, 2.05) is 6.08 Å². The minimum absolute atomic E-state index is 0.00180. The second-order valence-electron chi connectivity index (χ2n) is 9.04. The average Bonchev–Trinajstić information content (AvgIpc) is 2.86. The van der Waals surface area contributed by atoms with Crippen molar-refractivity contribution in [2.75, 3.05) is 7.11 Å². The van der Waals surface area contributed by atoms with Crippen LogP contribution in [0.3, 0.4) is 0 Å². The van der Waals surface area contributed by atoms with Gasteiger partial charge in [0.2, 0.25) is 0 Å². The first-order valence-electron chi connectivity index (χ1n) is 11.9. The van der Waals surface area contributed by atoms with Gasteiger partial charge < -0.3 is 9.84 Å². The van der Waals surface area contributed by atoms with E-state index >= 15 is 0 Å². The van der Waals surface area contributed by atoms with Crippen molar-refractivity contribution in [3.63, 3.8) is 0 Å². The molecule has 0 radical (unpaired) electrons. The standard InChI is InChI=1S/C27H33F3O2.C2H4/c1-17(16-25(28)18(2)32-3)4-5-19-6-8-20(9-7-19)23-14-15-24(27(30)26(23)29)21-10-12-22(31)13-11-21;1-2/h4-5,14-16,19-22,31H,1-2,6-13H2,3H3;1-2H2/b5-4+,25-16+;. The van der Waals surface area contributed by atoms with Gasteiger partial charge in [0.15, 0.2) is 17.5 Å². The average molecular weight is 475 g/mol. The van der Waals surface area contributed by atoms with Gasteiger partial charge in [-0.15, -0.1) is 13.2 Å². The predicted molar refractivity (Wildman–Crippen MR) is 133 cm³/mol. The van der Waals surface area contributed by atoms with E-state index in [9.17, 15) is 18.3 Å². The van der Waals surface area contributed by atoms with Crippen LogP contribution in [0.2, 0.25) is 0 Å². The fraction of sp³-hybridized carbons (Fsp3) is 0.448. The molecule has 1 N–H and O–H groups in total. The summed E-state index contributed by atoms with van der Waals surface area (Å²) in [5.41, 5.74) is 1.43. The molecule has 0 amide bonds. The van der Waals surface area contributed by atoms with Crippen LogP contribution in [-0.2, 0) is 4.74 Å². The minimum Gasteiger partial charge on any atom is -0.494 e. The largest absolute Gasteiger partial charge is 0.494 e. The number of aliphatic hydroxyl groups excluding tert-OH is 1. The van der Waals surface area contributed by atoms with E-state index < -0.39 is 17.5 Å². The van der Waals surface area contributed by atoms with Crippen molar-refractivity contribution in [3.8, 4) is 0 Å². The van der Waals surface area contributed by atoms with Crippen molar-refractivity contribution >= 4 is 0 Å². The van der Waals surface area contributed by atoms with Crippen molar-refractivity contribution in [1.29, 1.82) is 0 Å². The molecule has 2 fully saturated rings. The molecular formula is C29H37F3O2. The number of allylic oxidation sites excluding steroid dienone is 5. The lowest BCUT2D eigenvalue weighted by atomic mass is 9.77. The van der Waals surface area contributed by atoms with E-state index in [2.05, 4.69) is 26.3 Å². The van der Waals surface area contributed by atoms with Crippen molar-refractivity contribution in [2.45, 2.75) is 69.3 Å². The van der Waals surface area contributed by atoms with Crippen molar-refractivity contribution in [2.24, 2.45) is 5.92 Å². The number of hydrogen-bond donors (Lipinski definition) is 1. The van der Waals surface area contributed by atoms with Gasteiger partial charge in [-0.25, -0.2) is 13.2 Å². The van der Waals surface area contributed by atoms with Gasteiger partial charge in [-0.1, -0.05) is 37.4 Å². The van der Waals surface area contributed by atoms with E-state index in [4.69, 9.17) is 4.74 Å². The summed E-state index contributed by atoms with van der Waals surface area (Å²) < 4.78 is 48.3. The molecule has 0 aromatic heterocycles. The fourth-order valence-corrected chi connectivity index (χ4v) is 4.87. The van der Waals surface area contributed by atoms with Crippen LogP contribution in [-0.4, -0.2) is 18.3 Å². The predicted octanol–water partition coefficient (Wildman–Crippen LogP) is 8.19. The Bertz CT molecular complexity index is 902. The first-order valence-corrected chi connectivity index (χ1v) is 11.9. The third-order valence-electron chi connectivity index (χ3n) is 6.90. The number of ether oxygens (including phenoxy) is 1. The zero-order valence-corrected chi connectivity index (χ0v) is 20.2. The Kier molecular flexibility index (Phi) is 10.9. The lowest BCUT2D eigenvalue weighted by Crippen LogP contribution is -2.19. The molecule has 0 unspecified atom stereocenters. The zero-order chi connectivity index (χ0) is 25.3. The van der Waals surface area contributed by atoms with E-state index in [0.717, 1.165) is 25.7 Å². The summed E-state index contributed by atoms with van der Waals surface area (Å²) >= 11 is 0. The summed E-state index contributed by atoms with van der Waals surface area (Å²) in [5.74, 6) is -1.74. The van der Waals surface area contributed by atoms with Crippen LogP contribution in [0.1, 0.15) is 74.3 Å². The van der Waals surface area contributed by atoms with Crippen LogP contribution in [0.5, 0.6) is 0 Å². The Morgan fingerprint density at radius 2 is 1.38 bits per heavy atom. The van der Waals surface area contributed by atoms with Crippen LogP contribution in [0.4, 0.5) is 13.2 Å². The molecule has 2 aliphatic rings. The van der Waals surface area contributed by atoms with E-state index in [0.29, 0.717) is 48.3 Å². The van der Waals surface area contributed by atoms with E-state index in [1.165, 1.54) is 13.2 Å². The highest BCUT2D eigenvalue weighted by molar-refractivity contribution is 5.34. The third kappa shape index (κ3) is 7.23. The third-order valence-corrected chi connectivity index (χ3v) is 6.90. The number of rotatable bonds is 7. The number of benzene rings is 1. The molecule has 1 aromatic carbocycles. The summed E-state index contributed by atoms with van der Waals surface area (Å²) in [6.07, 6.45) is 10.7. The number of halogens is 3. The van der Waals surface area contributed by atoms with Crippen molar-refractivity contribution < 1.29 is 23.0 Å². The lowest BCUT2D eigenvalue weighted by molar-refractivity contribution is 0.122. The van der Waals surface area contributed by atoms with E-state index in [-0.39, 0.29) is 23.7 Å². The van der Waals surface area contributed by atoms with E-state index in [1.54, 1.807) is 18.2 Å². The monoisotopic (exact) mass is 474 g/mol. The fourth-order valence-electron chi connectivity index (χ4n) is 4.87. The summed E-state index contributed by atoms with van der Waals surface area (Å²) in [5, 5.41) is 9.67. The Morgan fingerprint density at radius 1 is 0.912 bits per heavy atom.